The lowest BCUT2D eigenvalue weighted by Crippen LogP contribution is -2.51. The third kappa shape index (κ3) is 3.41. The first-order valence-corrected chi connectivity index (χ1v) is 6.25. The second kappa shape index (κ2) is 6.12. The number of carbonyl (C=O) groups is 3. The van der Waals surface area contributed by atoms with Gasteiger partial charge in [0.2, 0.25) is 5.91 Å². The average molecular weight is 293 g/mol. The first-order chi connectivity index (χ1) is 10.0. The first kappa shape index (κ1) is 14.6. The fourth-order valence-corrected chi connectivity index (χ4v) is 1.95. The third-order valence-electron chi connectivity index (χ3n) is 3.02. The Bertz CT molecular complexity index is 587. The predicted molar refractivity (Wildman–Crippen MR) is 73.6 cm³/mol. The second-order valence-electron chi connectivity index (χ2n) is 4.42. The summed E-state index contributed by atoms with van der Waals surface area (Å²) in [6, 6.07) is 3.74. The quantitative estimate of drug-likeness (QED) is 0.745. The monoisotopic (exact) mass is 293 g/mol. The van der Waals surface area contributed by atoms with E-state index in [0.29, 0.717) is 18.8 Å². The second-order valence-corrected chi connectivity index (χ2v) is 4.42. The number of rotatable bonds is 3. The Balaban J connectivity index is 2.19. The average Bonchev–Trinajstić information content (AvgIpc) is 2.46. The van der Waals surface area contributed by atoms with Crippen molar-refractivity contribution < 1.29 is 24.2 Å². The minimum absolute atomic E-state index is 0.0504. The molecule has 0 bridgehead atoms. The molecule has 3 amide bonds. The zero-order valence-electron chi connectivity index (χ0n) is 11.4. The summed E-state index contributed by atoms with van der Waals surface area (Å²) in [6.07, 6.45) is 0. The number of carboxylic acid groups (broad SMARTS) is 1. The maximum atomic E-state index is 12.1. The van der Waals surface area contributed by atoms with Gasteiger partial charge in [-0.25, -0.2) is 9.59 Å². The number of aromatic carboxylic acids is 1. The van der Waals surface area contributed by atoms with Gasteiger partial charge in [-0.05, 0) is 12.1 Å². The van der Waals surface area contributed by atoms with E-state index in [2.05, 4.69) is 10.6 Å². The highest BCUT2D eigenvalue weighted by molar-refractivity contribution is 6.01. The van der Waals surface area contributed by atoms with E-state index in [1.165, 1.54) is 30.2 Å². The molecular weight excluding hydrogens is 278 g/mol. The SMILES string of the molecule is COc1ccc(C(=O)O)c(NC(=O)N2CCNC(=O)C2)c1. The van der Waals surface area contributed by atoms with Crippen LogP contribution >= 0.6 is 0 Å². The minimum Gasteiger partial charge on any atom is -0.497 e. The number of nitrogens with one attached hydrogen (secondary N) is 2. The summed E-state index contributed by atoms with van der Waals surface area (Å²) in [4.78, 5) is 35.8. The van der Waals surface area contributed by atoms with E-state index in [9.17, 15) is 14.4 Å². The Morgan fingerprint density at radius 3 is 2.81 bits per heavy atom. The molecule has 0 atom stereocenters. The van der Waals surface area contributed by atoms with Crippen molar-refractivity contribution >= 4 is 23.6 Å². The van der Waals surface area contributed by atoms with Crippen molar-refractivity contribution in [3.8, 4) is 5.75 Å². The highest BCUT2D eigenvalue weighted by Crippen LogP contribution is 2.23. The van der Waals surface area contributed by atoms with E-state index in [0.717, 1.165) is 0 Å². The van der Waals surface area contributed by atoms with Gasteiger partial charge in [-0.3, -0.25) is 4.79 Å². The Hall–Kier alpha value is -2.77. The maximum Gasteiger partial charge on any atom is 0.337 e. The van der Waals surface area contributed by atoms with Crippen molar-refractivity contribution in [1.82, 2.24) is 10.2 Å². The number of urea groups is 1. The fraction of sp³-hybridized carbons (Fsp3) is 0.308. The van der Waals surface area contributed by atoms with Gasteiger partial charge in [0.25, 0.3) is 0 Å². The van der Waals surface area contributed by atoms with Crippen molar-refractivity contribution in [2.24, 2.45) is 0 Å². The Morgan fingerprint density at radius 2 is 2.19 bits per heavy atom. The van der Waals surface area contributed by atoms with Crippen molar-refractivity contribution in [2.75, 3.05) is 32.1 Å². The summed E-state index contributed by atoms with van der Waals surface area (Å²) in [5.74, 6) is -0.989. The first-order valence-electron chi connectivity index (χ1n) is 6.25. The predicted octanol–water partition coefficient (Wildman–Crippen LogP) is 0.357. The molecule has 0 saturated carbocycles. The van der Waals surface area contributed by atoms with Crippen LogP contribution in [-0.4, -0.2) is 54.7 Å². The van der Waals surface area contributed by atoms with Crippen molar-refractivity contribution in [2.45, 2.75) is 0 Å². The van der Waals surface area contributed by atoms with Gasteiger partial charge < -0.3 is 25.4 Å². The van der Waals surface area contributed by atoms with E-state index < -0.39 is 12.0 Å². The molecule has 1 saturated heterocycles. The smallest absolute Gasteiger partial charge is 0.337 e. The highest BCUT2D eigenvalue weighted by atomic mass is 16.5. The van der Waals surface area contributed by atoms with E-state index in [4.69, 9.17) is 9.84 Å². The van der Waals surface area contributed by atoms with E-state index in [1.807, 2.05) is 0 Å². The topological polar surface area (TPSA) is 108 Å². The van der Waals surface area contributed by atoms with Gasteiger partial charge in [0.15, 0.2) is 0 Å². The zero-order valence-corrected chi connectivity index (χ0v) is 11.4. The molecule has 21 heavy (non-hydrogen) atoms. The number of carboxylic acids is 1. The Labute approximate surface area is 120 Å². The molecule has 1 aromatic rings. The number of benzene rings is 1. The van der Waals surface area contributed by atoms with Crippen molar-refractivity contribution in [1.29, 1.82) is 0 Å². The van der Waals surface area contributed by atoms with Gasteiger partial charge in [0.1, 0.15) is 12.3 Å². The molecule has 8 heteroatoms. The summed E-state index contributed by atoms with van der Waals surface area (Å²) in [5.41, 5.74) is 0.0726. The molecule has 8 nitrogen and oxygen atoms in total. The van der Waals surface area contributed by atoms with Crippen molar-refractivity contribution in [3.05, 3.63) is 23.8 Å². The minimum atomic E-state index is -1.16. The van der Waals surface area contributed by atoms with Gasteiger partial charge in [0.05, 0.1) is 18.4 Å². The van der Waals surface area contributed by atoms with E-state index in [1.54, 1.807) is 0 Å². The van der Waals surface area contributed by atoms with Crippen LogP contribution in [0.5, 0.6) is 5.75 Å². The molecule has 0 aliphatic carbocycles. The highest BCUT2D eigenvalue weighted by Gasteiger charge is 2.22. The molecule has 1 heterocycles. The van der Waals surface area contributed by atoms with E-state index >= 15 is 0 Å². The Kier molecular flexibility index (Phi) is 4.27. The van der Waals surface area contributed by atoms with Gasteiger partial charge >= 0.3 is 12.0 Å². The molecule has 1 aromatic carbocycles. The van der Waals surface area contributed by atoms with Crippen molar-refractivity contribution in [3.63, 3.8) is 0 Å². The molecule has 112 valence electrons. The maximum absolute atomic E-state index is 12.1. The molecule has 2 rings (SSSR count). The molecule has 0 spiro atoms. The number of nitrogens with zero attached hydrogens (tertiary/aromatic N) is 1. The standard InChI is InChI=1S/C13H15N3O5/c1-21-8-2-3-9(12(18)19)10(6-8)15-13(20)16-5-4-14-11(17)7-16/h2-3,6H,4-5,7H2,1H3,(H,14,17)(H,15,20)(H,18,19). The van der Waals surface area contributed by atoms with Crippen LogP contribution < -0.4 is 15.4 Å². The molecule has 1 fully saturated rings. The number of anilines is 1. The molecule has 3 N–H and O–H groups in total. The number of hydrogen-bond acceptors (Lipinski definition) is 4. The van der Waals surface area contributed by atoms with Gasteiger partial charge in [0, 0.05) is 19.2 Å². The number of ether oxygens (including phenoxy) is 1. The molecule has 1 aliphatic heterocycles. The van der Waals surface area contributed by atoms with Crippen LogP contribution in [-0.2, 0) is 4.79 Å². The summed E-state index contributed by atoms with van der Waals surface area (Å²) in [5, 5.41) is 14.2. The number of amides is 3. The number of carbonyl (C=O) groups excluding carboxylic acids is 2. The molecule has 0 aromatic heterocycles. The molecule has 0 radical (unpaired) electrons. The molecular formula is C13H15N3O5. The number of methoxy groups -OCH3 is 1. The van der Waals surface area contributed by atoms with E-state index in [-0.39, 0.29) is 23.7 Å². The zero-order chi connectivity index (χ0) is 15.4. The van der Waals surface area contributed by atoms with Crippen LogP contribution in [0.3, 0.4) is 0 Å². The summed E-state index contributed by atoms with van der Waals surface area (Å²) < 4.78 is 5.01. The van der Waals surface area contributed by atoms with Crippen LogP contribution in [0.15, 0.2) is 18.2 Å². The van der Waals surface area contributed by atoms with Crippen LogP contribution in [0.4, 0.5) is 10.5 Å². The van der Waals surface area contributed by atoms with Crippen LogP contribution in [0.2, 0.25) is 0 Å². The normalized spacial score (nSPS) is 14.3. The Morgan fingerprint density at radius 1 is 1.43 bits per heavy atom. The lowest BCUT2D eigenvalue weighted by Gasteiger charge is -2.27. The lowest BCUT2D eigenvalue weighted by molar-refractivity contribution is -0.123. The largest absolute Gasteiger partial charge is 0.497 e. The van der Waals surface area contributed by atoms with Gasteiger partial charge in [-0.2, -0.15) is 0 Å². The molecule has 0 unspecified atom stereocenters. The number of hydrogen-bond donors (Lipinski definition) is 3. The van der Waals surface area contributed by atoms with Crippen LogP contribution in [0, 0.1) is 0 Å². The van der Waals surface area contributed by atoms with Gasteiger partial charge in [-0.1, -0.05) is 0 Å². The lowest BCUT2D eigenvalue weighted by atomic mass is 10.1. The summed E-state index contributed by atoms with van der Waals surface area (Å²) >= 11 is 0. The summed E-state index contributed by atoms with van der Waals surface area (Å²) in [7, 11) is 1.44. The summed E-state index contributed by atoms with van der Waals surface area (Å²) in [6.45, 7) is 0.679. The molecule has 1 aliphatic rings. The van der Waals surface area contributed by atoms with Crippen LogP contribution in [0.25, 0.3) is 0 Å². The fourth-order valence-electron chi connectivity index (χ4n) is 1.95. The third-order valence-corrected chi connectivity index (χ3v) is 3.02. The number of piperazine rings is 1. The van der Waals surface area contributed by atoms with Crippen LogP contribution in [0.1, 0.15) is 10.4 Å². The van der Waals surface area contributed by atoms with Gasteiger partial charge in [-0.15, -0.1) is 0 Å².